The fourth-order valence-corrected chi connectivity index (χ4v) is 3.08. The molecule has 0 bridgehead atoms. The van der Waals surface area contributed by atoms with E-state index in [4.69, 9.17) is 15.4 Å². The number of hydrogen-bond donors (Lipinski definition) is 3. The molecule has 15 heteroatoms. The minimum absolute atomic E-state index is 0.0932. The van der Waals surface area contributed by atoms with Crippen LogP contribution in [0.5, 0.6) is 17.2 Å². The molecular weight excluding hydrogens is 426 g/mol. The van der Waals surface area contributed by atoms with Crippen molar-refractivity contribution < 1.29 is 37.8 Å². The molecule has 0 saturated carbocycles. The number of benzene rings is 2. The molecule has 0 aliphatic rings. The maximum Gasteiger partial charge on any atom is 0.380 e. The van der Waals surface area contributed by atoms with E-state index >= 15 is 0 Å². The van der Waals surface area contributed by atoms with Gasteiger partial charge in [-0.3, -0.25) is 0 Å². The van der Waals surface area contributed by atoms with E-state index in [1.807, 2.05) is 0 Å². The predicted octanol–water partition coefficient (Wildman–Crippen LogP) is -0.899. The summed E-state index contributed by atoms with van der Waals surface area (Å²) in [4.78, 5) is 0. The summed E-state index contributed by atoms with van der Waals surface area (Å²) in [6, 6.07) is 8.63. The Labute approximate surface area is 155 Å². The van der Waals surface area contributed by atoms with Gasteiger partial charge in [0.2, 0.25) is 0 Å². The summed E-state index contributed by atoms with van der Waals surface area (Å²) in [7, 11) is -13.0. The quantitative estimate of drug-likeness (QED) is 0.487. The van der Waals surface area contributed by atoms with Crippen molar-refractivity contribution in [3.63, 3.8) is 0 Å². The lowest BCUT2D eigenvalue weighted by Gasteiger charge is -2.12. The highest BCUT2D eigenvalue weighted by atomic mass is 32.2. The average molecular weight is 439 g/mol. The maximum atomic E-state index is 11.3. The van der Waals surface area contributed by atoms with Crippen molar-refractivity contribution in [2.45, 2.75) is 0 Å². The van der Waals surface area contributed by atoms with Gasteiger partial charge in [-0.25, -0.2) is 0 Å². The summed E-state index contributed by atoms with van der Waals surface area (Å²) in [6.45, 7) is 0. The van der Waals surface area contributed by atoms with Crippen molar-refractivity contribution in [2.24, 2.45) is 15.4 Å². The Bertz CT molecular complexity index is 1160. The normalized spacial score (nSPS) is 12.4. The lowest BCUT2D eigenvalue weighted by molar-refractivity contribution is 0.477. The molecule has 0 radical (unpaired) electrons. The Morgan fingerprint density at radius 3 is 1.52 bits per heavy atom. The Hall–Kier alpha value is -2.43. The van der Waals surface area contributed by atoms with Gasteiger partial charge >= 0.3 is 30.9 Å². The Kier molecular flexibility index (Phi) is 5.64. The monoisotopic (exact) mass is 439 g/mol. The van der Waals surface area contributed by atoms with Crippen molar-refractivity contribution in [1.82, 2.24) is 0 Å². The van der Waals surface area contributed by atoms with Crippen molar-refractivity contribution >= 4 is 30.9 Å². The molecule has 6 N–H and O–H groups in total. The van der Waals surface area contributed by atoms with E-state index < -0.39 is 30.9 Å². The molecule has 0 aliphatic carbocycles. The maximum absolute atomic E-state index is 11.3. The molecule has 0 aliphatic heterocycles. The van der Waals surface area contributed by atoms with E-state index in [1.165, 1.54) is 36.4 Å². The minimum Gasteiger partial charge on any atom is -0.371 e. The van der Waals surface area contributed by atoms with Crippen LogP contribution in [0.4, 0.5) is 0 Å². The van der Waals surface area contributed by atoms with Crippen molar-refractivity contribution in [1.29, 1.82) is 0 Å². The van der Waals surface area contributed by atoms with Crippen LogP contribution in [0, 0.1) is 0 Å². The molecule has 0 saturated heterocycles. The Balaban J connectivity index is 2.48. The fourth-order valence-electron chi connectivity index (χ4n) is 1.95. The van der Waals surface area contributed by atoms with Gasteiger partial charge in [0.1, 0.15) is 11.5 Å². The van der Waals surface area contributed by atoms with E-state index in [2.05, 4.69) is 12.5 Å². The molecule has 0 unspecified atom stereocenters. The molecule has 0 amide bonds. The van der Waals surface area contributed by atoms with Gasteiger partial charge < -0.3 is 12.5 Å². The van der Waals surface area contributed by atoms with Gasteiger partial charge in [-0.15, -0.1) is 0 Å². The molecule has 148 valence electrons. The third-order valence-corrected chi connectivity index (χ3v) is 4.01. The molecule has 2 rings (SSSR count). The van der Waals surface area contributed by atoms with Crippen LogP contribution >= 0.6 is 0 Å². The summed E-state index contributed by atoms with van der Waals surface area (Å²) >= 11 is 0. The second-order valence-electron chi connectivity index (χ2n) is 4.91. The predicted molar refractivity (Wildman–Crippen MR) is 93.1 cm³/mol. The highest BCUT2D eigenvalue weighted by molar-refractivity contribution is 7.85. The standard InChI is InChI=1S/C12H13N3O9S3/c13-25(16,17)22-9-3-1-8(2-4-9)11-6-5-10(23-26(14,18)19)7-12(11)24-27(15,20)21/h1-7H,(H2,13,16,17)(H2,14,18,19)(H2,15,20,21). The molecule has 0 fully saturated rings. The Morgan fingerprint density at radius 1 is 0.593 bits per heavy atom. The lowest BCUT2D eigenvalue weighted by atomic mass is 10.0. The van der Waals surface area contributed by atoms with Crippen LogP contribution in [0.25, 0.3) is 11.1 Å². The van der Waals surface area contributed by atoms with Crippen LogP contribution in [-0.4, -0.2) is 25.3 Å². The number of hydrogen-bond acceptors (Lipinski definition) is 9. The molecular formula is C12H13N3O9S3. The highest BCUT2D eigenvalue weighted by Gasteiger charge is 2.16. The zero-order chi connectivity index (χ0) is 20.5. The largest absolute Gasteiger partial charge is 0.380 e. The summed E-state index contributed by atoms with van der Waals surface area (Å²) < 4.78 is 79.9. The summed E-state index contributed by atoms with van der Waals surface area (Å²) in [5.74, 6) is -0.780. The first-order chi connectivity index (χ1) is 12.2. The van der Waals surface area contributed by atoms with E-state index in [-0.39, 0.29) is 22.8 Å². The van der Waals surface area contributed by atoms with Gasteiger partial charge in [0.15, 0.2) is 5.75 Å². The third kappa shape index (κ3) is 7.00. The number of nitrogens with two attached hydrogens (primary N) is 3. The van der Waals surface area contributed by atoms with E-state index in [1.54, 1.807) is 0 Å². The van der Waals surface area contributed by atoms with Gasteiger partial charge in [0.25, 0.3) is 0 Å². The lowest BCUT2D eigenvalue weighted by Crippen LogP contribution is -2.20. The summed E-state index contributed by atoms with van der Waals surface area (Å²) in [5.41, 5.74) is 0.505. The van der Waals surface area contributed by atoms with Crippen LogP contribution in [0.2, 0.25) is 0 Å². The zero-order valence-electron chi connectivity index (χ0n) is 13.2. The minimum atomic E-state index is -4.46. The zero-order valence-corrected chi connectivity index (χ0v) is 15.6. The first-order valence-corrected chi connectivity index (χ1v) is 11.0. The molecule has 0 aromatic heterocycles. The van der Waals surface area contributed by atoms with Crippen LogP contribution in [-0.2, 0) is 30.9 Å². The van der Waals surface area contributed by atoms with Gasteiger partial charge in [-0.2, -0.15) is 40.7 Å². The smallest absolute Gasteiger partial charge is 0.371 e. The van der Waals surface area contributed by atoms with Crippen molar-refractivity contribution in [2.75, 3.05) is 0 Å². The average Bonchev–Trinajstić information content (AvgIpc) is 2.43. The summed E-state index contributed by atoms with van der Waals surface area (Å²) in [5, 5.41) is 14.4. The van der Waals surface area contributed by atoms with Gasteiger partial charge in [-0.1, -0.05) is 12.1 Å². The second-order valence-corrected chi connectivity index (χ2v) is 8.37. The van der Waals surface area contributed by atoms with E-state index in [9.17, 15) is 25.3 Å². The van der Waals surface area contributed by atoms with Crippen molar-refractivity contribution in [3.8, 4) is 28.4 Å². The van der Waals surface area contributed by atoms with Gasteiger partial charge in [0.05, 0.1) is 0 Å². The summed E-state index contributed by atoms with van der Waals surface area (Å²) in [6.07, 6.45) is 0. The number of rotatable bonds is 7. The SMILES string of the molecule is NS(=O)(=O)Oc1ccc(-c2ccc(OS(N)(=O)=O)cc2OS(N)(=O)=O)cc1. The van der Waals surface area contributed by atoms with Crippen LogP contribution < -0.4 is 28.0 Å². The first kappa shape index (κ1) is 20.9. The molecule has 27 heavy (non-hydrogen) atoms. The Morgan fingerprint density at radius 2 is 1.04 bits per heavy atom. The topological polar surface area (TPSA) is 208 Å². The van der Waals surface area contributed by atoms with E-state index in [0.29, 0.717) is 5.56 Å². The molecule has 12 nitrogen and oxygen atoms in total. The molecule has 0 atom stereocenters. The van der Waals surface area contributed by atoms with Crippen molar-refractivity contribution in [3.05, 3.63) is 42.5 Å². The first-order valence-electron chi connectivity index (χ1n) is 6.63. The third-order valence-electron chi connectivity index (χ3n) is 2.75. The molecule has 0 spiro atoms. The molecule has 2 aromatic rings. The van der Waals surface area contributed by atoms with Crippen LogP contribution in [0.3, 0.4) is 0 Å². The van der Waals surface area contributed by atoms with E-state index in [0.717, 1.165) is 6.07 Å². The fraction of sp³-hybridized carbons (Fsp3) is 0. The van der Waals surface area contributed by atoms with Crippen LogP contribution in [0.15, 0.2) is 42.5 Å². The van der Waals surface area contributed by atoms with Gasteiger partial charge in [-0.05, 0) is 29.8 Å². The molecule has 2 aromatic carbocycles. The van der Waals surface area contributed by atoms with Gasteiger partial charge in [0, 0.05) is 11.6 Å². The highest BCUT2D eigenvalue weighted by Crippen LogP contribution is 2.35. The second kappa shape index (κ2) is 7.29. The van der Waals surface area contributed by atoms with Crippen LogP contribution in [0.1, 0.15) is 0 Å². The molecule has 0 heterocycles.